The lowest BCUT2D eigenvalue weighted by atomic mass is 10.5. The molecular weight excluding hydrogens is 188 g/mol. The Morgan fingerprint density at radius 3 is 1.79 bits per heavy atom. The van der Waals surface area contributed by atoms with Crippen molar-refractivity contribution >= 4 is 0 Å². The molecule has 0 N–H and O–H groups in total. The smallest absolute Gasteiger partial charge is 0.210 e. The number of hydrogen-bond donors (Lipinski definition) is 0. The molecule has 1 rings (SSSR count). The van der Waals surface area contributed by atoms with Gasteiger partial charge in [0.05, 0.1) is 25.4 Å². The highest BCUT2D eigenvalue weighted by atomic mass is 16.8. The number of nitriles is 2. The van der Waals surface area contributed by atoms with Gasteiger partial charge in [-0.2, -0.15) is 10.5 Å². The molecule has 2 atom stereocenters. The van der Waals surface area contributed by atoms with E-state index in [0.717, 1.165) is 0 Å². The fourth-order valence-electron chi connectivity index (χ4n) is 0.978. The van der Waals surface area contributed by atoms with Crippen LogP contribution in [0, 0.1) is 22.7 Å². The van der Waals surface area contributed by atoms with E-state index in [9.17, 15) is 0 Å². The van der Waals surface area contributed by atoms with E-state index in [2.05, 4.69) is 0 Å². The largest absolute Gasteiger partial charge is 0.346 e. The first-order chi connectivity index (χ1) is 6.88. The second kappa shape index (κ2) is 6.30. The molecule has 0 aromatic carbocycles. The summed E-state index contributed by atoms with van der Waals surface area (Å²) in [6, 6.07) is 3.63. The van der Waals surface area contributed by atoms with Crippen LogP contribution in [0.15, 0.2) is 0 Å². The molecule has 76 valence electrons. The van der Waals surface area contributed by atoms with Crippen molar-refractivity contribution in [3.8, 4) is 12.1 Å². The van der Waals surface area contributed by atoms with E-state index in [-0.39, 0.29) is 13.2 Å². The number of nitrogens with zero attached hydrogens (tertiary/aromatic N) is 2. The van der Waals surface area contributed by atoms with E-state index < -0.39 is 12.6 Å². The molecule has 1 fully saturated rings. The monoisotopic (exact) mass is 198 g/mol. The topological polar surface area (TPSA) is 84.5 Å². The minimum atomic E-state index is -0.725. The minimum Gasteiger partial charge on any atom is -0.346 e. The Bertz CT molecular complexity index is 219. The van der Waals surface area contributed by atoms with Crippen LogP contribution in [0.4, 0.5) is 0 Å². The predicted octanol–water partition coefficient (Wildman–Crippen LogP) is -0.234. The lowest BCUT2D eigenvalue weighted by molar-refractivity contribution is -0.314. The molecule has 0 amide bonds. The normalized spacial score (nSPS) is 26.4. The fraction of sp³-hybridized carbons (Fsp3) is 0.750. The van der Waals surface area contributed by atoms with Crippen molar-refractivity contribution in [2.75, 3.05) is 26.4 Å². The minimum absolute atomic E-state index is 0.0968. The third kappa shape index (κ3) is 3.29. The summed E-state index contributed by atoms with van der Waals surface area (Å²) in [6.07, 6.45) is -1.45. The molecule has 6 nitrogen and oxygen atoms in total. The van der Waals surface area contributed by atoms with E-state index in [4.69, 9.17) is 29.5 Å². The summed E-state index contributed by atoms with van der Waals surface area (Å²) in [6.45, 7) is 0.589. The molecule has 1 saturated heterocycles. The third-order valence-electron chi connectivity index (χ3n) is 1.49. The van der Waals surface area contributed by atoms with Gasteiger partial charge < -0.3 is 18.9 Å². The SMILES string of the molecule is N#CCO[C@H]1OCCO[C@@H]1OCC#N. The zero-order valence-corrected chi connectivity index (χ0v) is 7.51. The molecule has 0 saturated carbocycles. The molecule has 6 heteroatoms. The van der Waals surface area contributed by atoms with Crippen LogP contribution in [0.1, 0.15) is 0 Å². The van der Waals surface area contributed by atoms with Gasteiger partial charge in [0.15, 0.2) is 0 Å². The van der Waals surface area contributed by atoms with E-state index in [1.165, 1.54) is 0 Å². The first kappa shape index (κ1) is 10.9. The Morgan fingerprint density at radius 2 is 1.43 bits per heavy atom. The van der Waals surface area contributed by atoms with Gasteiger partial charge in [-0.15, -0.1) is 0 Å². The quantitative estimate of drug-likeness (QED) is 0.620. The van der Waals surface area contributed by atoms with Gasteiger partial charge >= 0.3 is 0 Å². The van der Waals surface area contributed by atoms with Crippen molar-refractivity contribution in [1.29, 1.82) is 10.5 Å². The van der Waals surface area contributed by atoms with Crippen LogP contribution in [0.2, 0.25) is 0 Å². The van der Waals surface area contributed by atoms with Gasteiger partial charge in [-0.3, -0.25) is 0 Å². The van der Waals surface area contributed by atoms with Crippen molar-refractivity contribution in [3.63, 3.8) is 0 Å². The summed E-state index contributed by atoms with van der Waals surface area (Å²) >= 11 is 0. The predicted molar refractivity (Wildman–Crippen MR) is 42.6 cm³/mol. The number of ether oxygens (including phenoxy) is 4. The number of rotatable bonds is 4. The zero-order chi connectivity index (χ0) is 10.2. The summed E-state index contributed by atoms with van der Waals surface area (Å²) < 4.78 is 20.3. The molecule has 1 aliphatic rings. The second-order valence-electron chi connectivity index (χ2n) is 2.42. The maximum Gasteiger partial charge on any atom is 0.210 e. The average molecular weight is 198 g/mol. The molecule has 0 spiro atoms. The Balaban J connectivity index is 2.35. The van der Waals surface area contributed by atoms with Gasteiger partial charge in [-0.25, -0.2) is 0 Å². The van der Waals surface area contributed by atoms with Crippen LogP contribution >= 0.6 is 0 Å². The maximum atomic E-state index is 8.29. The molecule has 0 aromatic rings. The molecule has 0 unspecified atom stereocenters. The first-order valence-electron chi connectivity index (χ1n) is 4.09. The van der Waals surface area contributed by atoms with Crippen LogP contribution in [0.5, 0.6) is 0 Å². The summed E-state index contributed by atoms with van der Waals surface area (Å²) in [5.74, 6) is 0. The standard InChI is InChI=1S/C8H10N2O4/c9-1-3-11-7-8(12-4-2-10)14-6-5-13-7/h7-8H,3-6H2/t7-,8-/m0/s1. The Morgan fingerprint density at radius 1 is 1.00 bits per heavy atom. The average Bonchev–Trinajstić information content (AvgIpc) is 2.24. The molecule has 0 aliphatic carbocycles. The van der Waals surface area contributed by atoms with Crippen molar-refractivity contribution in [3.05, 3.63) is 0 Å². The van der Waals surface area contributed by atoms with E-state index in [1.54, 1.807) is 0 Å². The zero-order valence-electron chi connectivity index (χ0n) is 7.51. The van der Waals surface area contributed by atoms with Crippen LogP contribution < -0.4 is 0 Å². The van der Waals surface area contributed by atoms with Crippen LogP contribution in [0.25, 0.3) is 0 Å². The molecular formula is C8H10N2O4. The molecule has 1 aliphatic heterocycles. The summed E-state index contributed by atoms with van der Waals surface area (Å²) in [7, 11) is 0. The molecule has 14 heavy (non-hydrogen) atoms. The highest BCUT2D eigenvalue weighted by molar-refractivity contribution is 4.71. The Hall–Kier alpha value is -1.18. The van der Waals surface area contributed by atoms with Crippen LogP contribution in [0.3, 0.4) is 0 Å². The maximum absolute atomic E-state index is 8.29. The Labute approximate surface area is 81.5 Å². The summed E-state index contributed by atoms with van der Waals surface area (Å²) in [5, 5.41) is 16.6. The number of hydrogen-bond acceptors (Lipinski definition) is 6. The van der Waals surface area contributed by atoms with Gasteiger partial charge in [-0.05, 0) is 0 Å². The van der Waals surface area contributed by atoms with Gasteiger partial charge in [0.2, 0.25) is 12.6 Å². The van der Waals surface area contributed by atoms with E-state index in [0.29, 0.717) is 13.2 Å². The summed E-state index contributed by atoms with van der Waals surface area (Å²) in [5.41, 5.74) is 0. The van der Waals surface area contributed by atoms with Gasteiger partial charge in [0, 0.05) is 0 Å². The van der Waals surface area contributed by atoms with Crippen LogP contribution in [-0.2, 0) is 18.9 Å². The highest BCUT2D eigenvalue weighted by Gasteiger charge is 2.28. The fourth-order valence-corrected chi connectivity index (χ4v) is 0.978. The third-order valence-corrected chi connectivity index (χ3v) is 1.49. The molecule has 0 aromatic heterocycles. The molecule has 0 radical (unpaired) electrons. The molecule has 0 bridgehead atoms. The van der Waals surface area contributed by atoms with Gasteiger partial charge in [-0.1, -0.05) is 0 Å². The lowest BCUT2D eigenvalue weighted by Gasteiger charge is -2.29. The first-order valence-corrected chi connectivity index (χ1v) is 4.09. The van der Waals surface area contributed by atoms with Crippen molar-refractivity contribution in [1.82, 2.24) is 0 Å². The van der Waals surface area contributed by atoms with Crippen molar-refractivity contribution in [2.45, 2.75) is 12.6 Å². The van der Waals surface area contributed by atoms with Gasteiger partial charge in [0.1, 0.15) is 13.2 Å². The summed E-state index contributed by atoms with van der Waals surface area (Å²) in [4.78, 5) is 0. The van der Waals surface area contributed by atoms with Crippen molar-refractivity contribution < 1.29 is 18.9 Å². The lowest BCUT2D eigenvalue weighted by Crippen LogP contribution is -2.42. The van der Waals surface area contributed by atoms with E-state index in [1.807, 2.05) is 12.1 Å². The molecule has 1 heterocycles. The van der Waals surface area contributed by atoms with Crippen molar-refractivity contribution in [2.24, 2.45) is 0 Å². The second-order valence-corrected chi connectivity index (χ2v) is 2.42. The highest BCUT2D eigenvalue weighted by Crippen LogP contribution is 2.12. The Kier molecular flexibility index (Phi) is 4.90. The van der Waals surface area contributed by atoms with Gasteiger partial charge in [0.25, 0.3) is 0 Å². The van der Waals surface area contributed by atoms with E-state index >= 15 is 0 Å². The van der Waals surface area contributed by atoms with Crippen LogP contribution in [-0.4, -0.2) is 39.0 Å².